The molecule has 0 aliphatic heterocycles. The molecule has 0 fully saturated rings. The number of fused-ring (bicyclic) bond motifs is 8. The molecule has 1 aliphatic carbocycles. The van der Waals surface area contributed by atoms with Crippen LogP contribution in [0.1, 0.15) is 44.5 Å². The van der Waals surface area contributed by atoms with Crippen molar-refractivity contribution in [1.29, 1.82) is 0 Å². The van der Waals surface area contributed by atoms with Crippen molar-refractivity contribution in [3.05, 3.63) is 129 Å². The van der Waals surface area contributed by atoms with Gasteiger partial charge in [0.25, 0.3) is 30.4 Å². The monoisotopic (exact) mass is 678 g/mol. The highest BCUT2D eigenvalue weighted by Crippen LogP contribution is 2.48. The van der Waals surface area contributed by atoms with E-state index >= 15 is 0 Å². The van der Waals surface area contributed by atoms with Gasteiger partial charge in [0.15, 0.2) is 0 Å². The van der Waals surface area contributed by atoms with Crippen molar-refractivity contribution in [1.82, 2.24) is 0 Å². The van der Waals surface area contributed by atoms with Crippen LogP contribution in [0.2, 0.25) is 0 Å². The molecule has 0 saturated carbocycles. The zero-order valence-electron chi connectivity index (χ0n) is 21.1. The Balaban J connectivity index is 1.93. The lowest BCUT2D eigenvalue weighted by Gasteiger charge is -2.29. The highest BCUT2D eigenvalue weighted by Gasteiger charge is 2.49. The van der Waals surface area contributed by atoms with E-state index in [-0.39, 0.29) is 17.5 Å². The fraction of sp³-hybridized carbons (Fsp3) is 0.143. The van der Waals surface area contributed by atoms with E-state index in [1.807, 2.05) is 36.4 Å². The summed E-state index contributed by atoms with van der Waals surface area (Å²) in [5.41, 5.74) is 3.27. The first-order valence-corrected chi connectivity index (χ1v) is 17.2. The van der Waals surface area contributed by atoms with Crippen molar-refractivity contribution in [2.45, 2.75) is 32.7 Å². The van der Waals surface area contributed by atoms with Crippen molar-refractivity contribution in [3.63, 3.8) is 0 Å². The minimum absolute atomic E-state index is 0.0102. The van der Waals surface area contributed by atoms with Gasteiger partial charge < -0.3 is 0 Å². The summed E-state index contributed by atoms with van der Waals surface area (Å²) in [4.78, 5) is -2.62. The summed E-state index contributed by atoms with van der Waals surface area (Å²) in [6.45, 7) is 0. The smallest absolute Gasteiger partial charge is 0.284 e. The molecule has 0 saturated heterocycles. The van der Waals surface area contributed by atoms with E-state index in [0.717, 1.165) is 28.8 Å². The van der Waals surface area contributed by atoms with Crippen LogP contribution in [0.15, 0.2) is 94.7 Å². The molecule has 8 bridgehead atoms. The number of benzene rings is 4. The highest BCUT2D eigenvalue weighted by atomic mass is 79.9. The van der Waals surface area contributed by atoms with Crippen molar-refractivity contribution < 1.29 is 38.9 Å². The van der Waals surface area contributed by atoms with Crippen molar-refractivity contribution >= 4 is 46.3 Å². The maximum absolute atomic E-state index is 13.1. The van der Waals surface area contributed by atoms with Gasteiger partial charge >= 0.3 is 0 Å². The third-order valence-electron chi connectivity index (χ3n) is 6.86. The Morgan fingerprint density at radius 2 is 1.00 bits per heavy atom. The van der Waals surface area contributed by atoms with Gasteiger partial charge in [-0.15, -0.1) is 0 Å². The van der Waals surface area contributed by atoms with Crippen molar-refractivity contribution in [3.8, 4) is 0 Å². The average molecular weight is 680 g/mol. The summed E-state index contributed by atoms with van der Waals surface area (Å²) >= 11 is 3.04. The van der Waals surface area contributed by atoms with Crippen LogP contribution in [-0.4, -0.2) is 38.9 Å². The van der Waals surface area contributed by atoms with Crippen LogP contribution in [0.25, 0.3) is 0 Å². The maximum Gasteiger partial charge on any atom is 0.296 e. The van der Waals surface area contributed by atoms with E-state index in [9.17, 15) is 38.9 Å². The maximum atomic E-state index is 13.1. The number of rotatable bonds is 3. The molecule has 9 nitrogen and oxygen atoms in total. The Morgan fingerprint density at radius 1 is 0.561 bits per heavy atom. The molecule has 4 aromatic carbocycles. The second kappa shape index (κ2) is 10.4. The van der Waals surface area contributed by atoms with E-state index in [1.54, 1.807) is 18.2 Å². The van der Waals surface area contributed by atoms with E-state index in [0.29, 0.717) is 24.0 Å². The first-order chi connectivity index (χ1) is 19.1. The van der Waals surface area contributed by atoms with Crippen LogP contribution < -0.4 is 0 Å². The molecule has 0 aromatic heterocycles. The van der Waals surface area contributed by atoms with Gasteiger partial charge in [-0.2, -0.15) is 25.3 Å². The van der Waals surface area contributed by atoms with Crippen LogP contribution in [0.4, 0.5) is 0 Å². The SMILES string of the molecule is O=S(=O)(O)c1cc2cc(c1S(=O)(=O)O)C(Br)(S(=O)(=O)O)c1cccc(c1)Cc1cccc(c1)Cc1cccc(c1)C2. The van der Waals surface area contributed by atoms with Crippen LogP contribution >= 0.6 is 15.9 Å². The molecular formula is C28H23BrO9S3. The summed E-state index contributed by atoms with van der Waals surface area (Å²) in [5.74, 6) is 0. The van der Waals surface area contributed by atoms with Crippen LogP contribution in [0, 0.1) is 0 Å². The summed E-state index contributed by atoms with van der Waals surface area (Å²) < 4.78 is 104. The summed E-state index contributed by atoms with van der Waals surface area (Å²) in [6, 6.07) is 23.0. The lowest BCUT2D eigenvalue weighted by atomic mass is 9.93. The van der Waals surface area contributed by atoms with Crippen LogP contribution in [0.3, 0.4) is 0 Å². The second-order valence-corrected chi connectivity index (χ2v) is 15.9. The van der Waals surface area contributed by atoms with Crippen molar-refractivity contribution in [2.75, 3.05) is 0 Å². The van der Waals surface area contributed by atoms with Crippen molar-refractivity contribution in [2.24, 2.45) is 0 Å². The molecule has 214 valence electrons. The highest BCUT2D eigenvalue weighted by molar-refractivity contribution is 9.11. The topological polar surface area (TPSA) is 163 Å². The zero-order chi connectivity index (χ0) is 29.8. The number of halogens is 1. The molecular weight excluding hydrogens is 656 g/mol. The zero-order valence-corrected chi connectivity index (χ0v) is 25.1. The Bertz CT molecular complexity index is 2020. The van der Waals surface area contributed by atoms with E-state index in [4.69, 9.17) is 0 Å². The fourth-order valence-corrected chi connectivity index (χ4v) is 8.89. The predicted octanol–water partition coefficient (Wildman–Crippen LogP) is 4.75. The Hall–Kier alpha value is -2.91. The third-order valence-corrected chi connectivity index (χ3v) is 12.1. The van der Waals surface area contributed by atoms with Gasteiger partial charge in [0.05, 0.1) is 0 Å². The first-order valence-electron chi connectivity index (χ1n) is 12.1. The Labute approximate surface area is 246 Å². The minimum Gasteiger partial charge on any atom is -0.284 e. The molecule has 0 spiro atoms. The van der Waals surface area contributed by atoms with Gasteiger partial charge in [-0.25, -0.2) is 0 Å². The minimum atomic E-state index is -5.49. The lowest BCUT2D eigenvalue weighted by Crippen LogP contribution is -2.33. The molecule has 0 heterocycles. The summed E-state index contributed by atoms with van der Waals surface area (Å²) in [6.07, 6.45) is 0.930. The molecule has 1 unspecified atom stereocenters. The number of alkyl halides is 1. The Morgan fingerprint density at radius 3 is 1.44 bits per heavy atom. The molecule has 1 atom stereocenters. The Kier molecular flexibility index (Phi) is 7.52. The molecule has 3 N–H and O–H groups in total. The largest absolute Gasteiger partial charge is 0.296 e. The molecule has 0 radical (unpaired) electrons. The van der Waals surface area contributed by atoms with E-state index in [2.05, 4.69) is 15.9 Å². The summed E-state index contributed by atoms with van der Waals surface area (Å²) in [7, 11) is -16.2. The first kappa shape index (κ1) is 29.6. The van der Waals surface area contributed by atoms with Gasteiger partial charge in [0.1, 0.15) is 9.79 Å². The molecule has 13 heteroatoms. The van der Waals surface area contributed by atoms with Gasteiger partial charge in [0.2, 0.25) is 3.66 Å². The third kappa shape index (κ3) is 5.89. The average Bonchev–Trinajstić information content (AvgIpc) is 2.86. The van der Waals surface area contributed by atoms with E-state index in [1.165, 1.54) is 18.2 Å². The molecule has 5 rings (SSSR count). The van der Waals surface area contributed by atoms with Crippen LogP contribution in [-0.2, 0) is 53.3 Å². The second-order valence-electron chi connectivity index (χ2n) is 9.86. The molecule has 41 heavy (non-hydrogen) atoms. The van der Waals surface area contributed by atoms with Gasteiger partial charge in [0, 0.05) is 5.56 Å². The molecule has 0 amide bonds. The lowest BCUT2D eigenvalue weighted by molar-refractivity contribution is 0.459. The van der Waals surface area contributed by atoms with Gasteiger partial charge in [-0.05, 0) is 64.3 Å². The predicted molar refractivity (Wildman–Crippen MR) is 155 cm³/mol. The number of hydrogen-bond donors (Lipinski definition) is 3. The molecule has 4 aromatic rings. The van der Waals surface area contributed by atoms with Gasteiger partial charge in [-0.3, -0.25) is 13.7 Å². The quantitative estimate of drug-likeness (QED) is 0.205. The normalized spacial score (nSPS) is 17.7. The van der Waals surface area contributed by atoms with Gasteiger partial charge in [-0.1, -0.05) is 94.8 Å². The van der Waals surface area contributed by atoms with Crippen LogP contribution in [0.5, 0.6) is 0 Å². The fourth-order valence-electron chi connectivity index (χ4n) is 5.19. The molecule has 1 aliphatic rings. The van der Waals surface area contributed by atoms with E-state index < -0.39 is 49.4 Å². The standard InChI is InChI=1S/C28H23BrO9S3/c29-28(41(36,37)38)24-9-3-8-22(15-24)13-20-6-1-4-18(11-20)10-19-5-2-7-21(12-19)14-23-16-25(28)27(40(33,34)35)26(17-23)39(30,31)32/h1-9,11-12,15-17H,10,13-14H2,(H,30,31,32)(H,33,34,35)(H,36,37,38). The number of hydrogen-bond acceptors (Lipinski definition) is 6. The summed E-state index contributed by atoms with van der Waals surface area (Å²) in [5, 5.41) is 0.